The van der Waals surface area contributed by atoms with Gasteiger partial charge in [-0.25, -0.2) is 0 Å². The molecule has 1 saturated heterocycles. The van der Waals surface area contributed by atoms with Gasteiger partial charge in [0.25, 0.3) is 10.1 Å². The Hall–Kier alpha value is -1.94. The molecule has 2 N–H and O–H groups in total. The molecular weight excluding hydrogens is 442 g/mol. The molecule has 0 bridgehead atoms. The Bertz CT molecular complexity index is 977. The molecule has 31 heavy (non-hydrogen) atoms. The number of nitrogens with zero attached hydrogens (tertiary/aromatic N) is 1. The van der Waals surface area contributed by atoms with Crippen molar-refractivity contribution in [2.24, 2.45) is 0 Å². The first kappa shape index (κ1) is 25.3. The molecule has 2 heterocycles. The number of carbonyl (C=O) groups excluding carboxylic acids is 2. The standard InChI is InChI=1S/C14H16ClN3O.C7H14O4S/c1-18-5-4-13(18)14(19)17-7-9-2-3-12-10(6-9)11(15)8-16-12;1-12(9,10)11-7-5-3-2-4-6-8/h2-3,6,8,13,16H,4-5,7H2,1H3,(H,17,19);6H,2-5,7H2,1H3. The average Bonchev–Trinajstić information content (AvgIpc) is 3.08. The van der Waals surface area contributed by atoms with Crippen LogP contribution in [-0.2, 0) is 30.4 Å². The molecule has 2 aromatic rings. The summed E-state index contributed by atoms with van der Waals surface area (Å²) in [6, 6.07) is 6.04. The normalized spacial score (nSPS) is 16.3. The van der Waals surface area contributed by atoms with Gasteiger partial charge >= 0.3 is 0 Å². The number of halogens is 1. The van der Waals surface area contributed by atoms with E-state index in [1.807, 2.05) is 25.2 Å². The molecule has 1 fully saturated rings. The summed E-state index contributed by atoms with van der Waals surface area (Å²) in [5, 5.41) is 4.68. The van der Waals surface area contributed by atoms with Gasteiger partial charge in [0.05, 0.1) is 23.9 Å². The van der Waals surface area contributed by atoms with Crippen LogP contribution in [0.1, 0.15) is 37.7 Å². The van der Waals surface area contributed by atoms with Gasteiger partial charge < -0.3 is 15.1 Å². The lowest BCUT2D eigenvalue weighted by molar-refractivity contribution is -0.129. The molecule has 1 amide bonds. The van der Waals surface area contributed by atoms with E-state index in [4.69, 9.17) is 11.6 Å². The SMILES string of the molecule is CN1CCC1C(=O)NCc1ccc2[nH]cc(Cl)c2c1.CS(=O)(=O)OCCCCCC=O. The first-order valence-corrected chi connectivity index (χ1v) is 12.4. The fourth-order valence-corrected chi connectivity index (χ4v) is 3.75. The van der Waals surface area contributed by atoms with Crippen LogP contribution in [0.25, 0.3) is 10.9 Å². The van der Waals surface area contributed by atoms with Crippen LogP contribution in [0.15, 0.2) is 24.4 Å². The lowest BCUT2D eigenvalue weighted by Crippen LogP contribution is -2.53. The molecule has 1 aliphatic heterocycles. The van der Waals surface area contributed by atoms with Crippen molar-refractivity contribution in [3.8, 4) is 0 Å². The van der Waals surface area contributed by atoms with Crippen LogP contribution in [0.2, 0.25) is 5.02 Å². The van der Waals surface area contributed by atoms with Crippen LogP contribution in [0.4, 0.5) is 0 Å². The number of fused-ring (bicyclic) bond motifs is 1. The van der Waals surface area contributed by atoms with E-state index < -0.39 is 10.1 Å². The molecule has 0 saturated carbocycles. The van der Waals surface area contributed by atoms with Gasteiger partial charge in [-0.1, -0.05) is 24.1 Å². The molecule has 8 nitrogen and oxygen atoms in total. The molecule has 3 rings (SSSR count). The van der Waals surface area contributed by atoms with E-state index in [0.29, 0.717) is 24.4 Å². The van der Waals surface area contributed by atoms with Crippen LogP contribution in [0.5, 0.6) is 0 Å². The van der Waals surface area contributed by atoms with Gasteiger partial charge in [0.1, 0.15) is 6.29 Å². The van der Waals surface area contributed by atoms with Gasteiger partial charge in [-0.05, 0) is 44.0 Å². The molecule has 1 aromatic heterocycles. The highest BCUT2D eigenvalue weighted by atomic mass is 35.5. The second-order valence-corrected chi connectivity index (χ2v) is 9.61. The number of likely N-dealkylation sites (N-methyl/N-ethyl adjacent to an activating group) is 1. The Kier molecular flexibility index (Phi) is 9.95. The first-order chi connectivity index (χ1) is 14.7. The van der Waals surface area contributed by atoms with E-state index in [1.54, 1.807) is 6.20 Å². The third kappa shape index (κ3) is 8.60. The van der Waals surface area contributed by atoms with Gasteiger partial charge in [-0.2, -0.15) is 8.42 Å². The highest BCUT2D eigenvalue weighted by molar-refractivity contribution is 7.85. The maximum Gasteiger partial charge on any atom is 0.264 e. The molecular formula is C21H30ClN3O5S. The van der Waals surface area contributed by atoms with Gasteiger partial charge in [-0.15, -0.1) is 0 Å². The monoisotopic (exact) mass is 471 g/mol. The first-order valence-electron chi connectivity index (χ1n) is 10.2. The number of carbonyl (C=O) groups is 2. The minimum Gasteiger partial charge on any atom is -0.360 e. The average molecular weight is 472 g/mol. The second-order valence-electron chi connectivity index (χ2n) is 7.56. The predicted octanol–water partition coefficient (Wildman–Crippen LogP) is 2.86. The number of rotatable bonds is 10. The topological polar surface area (TPSA) is 109 Å². The van der Waals surface area contributed by atoms with Crippen molar-refractivity contribution in [3.05, 3.63) is 35.0 Å². The van der Waals surface area contributed by atoms with E-state index in [9.17, 15) is 18.0 Å². The van der Waals surface area contributed by atoms with E-state index in [0.717, 1.165) is 54.8 Å². The maximum absolute atomic E-state index is 11.9. The largest absolute Gasteiger partial charge is 0.360 e. The zero-order valence-electron chi connectivity index (χ0n) is 17.9. The Morgan fingerprint density at radius 3 is 2.74 bits per heavy atom. The van der Waals surface area contributed by atoms with E-state index in [2.05, 4.69) is 19.4 Å². The van der Waals surface area contributed by atoms with Crippen LogP contribution < -0.4 is 5.32 Å². The van der Waals surface area contributed by atoms with Crippen molar-refractivity contribution in [1.82, 2.24) is 15.2 Å². The molecule has 1 aliphatic rings. The van der Waals surface area contributed by atoms with Crippen LogP contribution >= 0.6 is 11.6 Å². The third-order valence-electron chi connectivity index (χ3n) is 5.02. The predicted molar refractivity (Wildman–Crippen MR) is 122 cm³/mol. The van der Waals surface area contributed by atoms with E-state index in [-0.39, 0.29) is 18.6 Å². The van der Waals surface area contributed by atoms with Gasteiger partial charge in [0, 0.05) is 36.6 Å². The molecule has 10 heteroatoms. The summed E-state index contributed by atoms with van der Waals surface area (Å²) in [7, 11) is -1.31. The number of hydrogen-bond acceptors (Lipinski definition) is 6. The second kappa shape index (κ2) is 12.2. The number of H-pyrrole nitrogens is 1. The quantitative estimate of drug-likeness (QED) is 0.313. The number of nitrogens with one attached hydrogen (secondary N) is 2. The van der Waals surface area contributed by atoms with Crippen molar-refractivity contribution in [2.45, 2.75) is 44.7 Å². The minimum absolute atomic E-state index is 0.0413. The Morgan fingerprint density at radius 2 is 2.13 bits per heavy atom. The molecule has 0 aliphatic carbocycles. The van der Waals surface area contributed by atoms with Crippen LogP contribution in [-0.4, -0.2) is 63.0 Å². The summed E-state index contributed by atoms with van der Waals surface area (Å²) in [5.74, 6) is 0.106. The van der Waals surface area contributed by atoms with Crippen molar-refractivity contribution in [3.63, 3.8) is 0 Å². The summed E-state index contributed by atoms with van der Waals surface area (Å²) in [6.07, 6.45) is 7.46. The summed E-state index contributed by atoms with van der Waals surface area (Å²) in [5.41, 5.74) is 2.07. The summed E-state index contributed by atoms with van der Waals surface area (Å²) in [4.78, 5) is 26.9. The molecule has 1 unspecified atom stereocenters. The molecule has 1 aromatic carbocycles. The van der Waals surface area contributed by atoms with Crippen molar-refractivity contribution in [1.29, 1.82) is 0 Å². The highest BCUT2D eigenvalue weighted by Crippen LogP contribution is 2.24. The number of aromatic nitrogens is 1. The summed E-state index contributed by atoms with van der Waals surface area (Å²) in [6.45, 7) is 1.77. The highest BCUT2D eigenvalue weighted by Gasteiger charge is 2.30. The number of aldehydes is 1. The molecule has 1 atom stereocenters. The molecule has 0 spiro atoms. The number of likely N-dealkylation sites (tertiary alicyclic amines) is 1. The molecule has 172 valence electrons. The number of hydrogen-bond donors (Lipinski definition) is 2. The summed E-state index contributed by atoms with van der Waals surface area (Å²) < 4.78 is 25.4. The lowest BCUT2D eigenvalue weighted by atomic mass is 10.0. The third-order valence-corrected chi connectivity index (χ3v) is 5.92. The number of aromatic amines is 1. The van der Waals surface area contributed by atoms with Gasteiger partial charge in [0.2, 0.25) is 5.91 Å². The van der Waals surface area contributed by atoms with Crippen molar-refractivity contribution in [2.75, 3.05) is 26.5 Å². The number of unbranched alkanes of at least 4 members (excludes halogenated alkanes) is 3. The Balaban J connectivity index is 0.000000248. The fourth-order valence-electron chi connectivity index (χ4n) is 3.12. The lowest BCUT2D eigenvalue weighted by Gasteiger charge is -2.36. The van der Waals surface area contributed by atoms with Crippen molar-refractivity contribution >= 4 is 44.8 Å². The van der Waals surface area contributed by atoms with Crippen molar-refractivity contribution < 1.29 is 22.2 Å². The smallest absolute Gasteiger partial charge is 0.264 e. The van der Waals surface area contributed by atoms with Crippen LogP contribution in [0, 0.1) is 0 Å². The minimum atomic E-state index is -3.29. The zero-order valence-corrected chi connectivity index (χ0v) is 19.5. The number of amides is 1. The van der Waals surface area contributed by atoms with Crippen LogP contribution in [0.3, 0.4) is 0 Å². The van der Waals surface area contributed by atoms with Gasteiger partial charge in [-0.3, -0.25) is 13.9 Å². The summed E-state index contributed by atoms with van der Waals surface area (Å²) >= 11 is 6.08. The Morgan fingerprint density at radius 1 is 1.35 bits per heavy atom. The zero-order chi connectivity index (χ0) is 22.9. The maximum atomic E-state index is 11.9. The van der Waals surface area contributed by atoms with E-state index in [1.165, 1.54) is 0 Å². The van der Waals surface area contributed by atoms with E-state index >= 15 is 0 Å². The number of benzene rings is 1. The van der Waals surface area contributed by atoms with Gasteiger partial charge in [0.15, 0.2) is 0 Å². The Labute approximate surface area is 188 Å². The fraction of sp³-hybridized carbons (Fsp3) is 0.524. The molecule has 0 radical (unpaired) electrons.